The van der Waals surface area contributed by atoms with Crippen LogP contribution >= 0.6 is 23.2 Å². The summed E-state index contributed by atoms with van der Waals surface area (Å²) in [7, 11) is 0. The lowest BCUT2D eigenvalue weighted by atomic mass is 10.1. The van der Waals surface area contributed by atoms with E-state index in [4.69, 9.17) is 37.8 Å². The molecule has 26 heavy (non-hydrogen) atoms. The summed E-state index contributed by atoms with van der Waals surface area (Å²) in [6.07, 6.45) is 1.01. The molecule has 0 radical (unpaired) electrons. The van der Waals surface area contributed by atoms with Crippen molar-refractivity contribution in [1.82, 2.24) is 0 Å². The number of carboxylic acid groups (broad SMARTS) is 1. The smallest absolute Gasteiger partial charge is 0.310 e. The number of rotatable bonds is 6. The molecule has 2 aromatic rings. The highest BCUT2D eigenvalue weighted by Gasteiger charge is 2.11. The topological polar surface area (TPSA) is 75.6 Å². The van der Waals surface area contributed by atoms with Crippen LogP contribution in [-0.2, 0) is 20.7 Å². The number of halogens is 2. The Morgan fingerprint density at radius 2 is 1.65 bits per heavy atom. The lowest BCUT2D eigenvalue weighted by molar-refractivity contribution is -0.142. The Morgan fingerprint density at radius 3 is 2.23 bits per heavy atom. The van der Waals surface area contributed by atoms with Crippen LogP contribution in [0.25, 0.3) is 0 Å². The molecule has 0 bridgehead atoms. The maximum atomic E-state index is 11.8. The van der Waals surface area contributed by atoms with Gasteiger partial charge in [0.15, 0.2) is 0 Å². The predicted molar refractivity (Wildman–Crippen MR) is 104 cm³/mol. The third-order valence-corrected chi connectivity index (χ3v) is 3.67. The van der Waals surface area contributed by atoms with Crippen LogP contribution in [0.3, 0.4) is 0 Å². The van der Waals surface area contributed by atoms with Crippen molar-refractivity contribution >= 4 is 46.5 Å². The van der Waals surface area contributed by atoms with Gasteiger partial charge in [0.05, 0.1) is 28.8 Å². The molecule has 140 valence electrons. The SMILES string of the molecule is CC(=O)O.CCCOC(=O)Cc1ccccc1Nc1c(Cl)cccc1Cl. The first kappa shape index (κ1) is 21.8. The quantitative estimate of drug-likeness (QED) is 0.644. The first-order chi connectivity index (χ1) is 12.3. The summed E-state index contributed by atoms with van der Waals surface area (Å²) >= 11 is 12.3. The highest BCUT2D eigenvalue weighted by atomic mass is 35.5. The van der Waals surface area contributed by atoms with Gasteiger partial charge >= 0.3 is 5.97 Å². The Balaban J connectivity index is 0.000000765. The van der Waals surface area contributed by atoms with Crippen molar-refractivity contribution in [2.75, 3.05) is 11.9 Å². The van der Waals surface area contributed by atoms with Crippen LogP contribution in [0.4, 0.5) is 11.4 Å². The zero-order chi connectivity index (χ0) is 19.5. The molecule has 7 heteroatoms. The molecule has 0 unspecified atom stereocenters. The Kier molecular flexibility index (Phi) is 9.55. The molecule has 2 aromatic carbocycles. The number of carbonyl (C=O) groups excluding carboxylic acids is 1. The van der Waals surface area contributed by atoms with Crippen molar-refractivity contribution in [3.8, 4) is 0 Å². The molecule has 0 heterocycles. The van der Waals surface area contributed by atoms with E-state index in [0.29, 0.717) is 22.3 Å². The minimum Gasteiger partial charge on any atom is -0.481 e. The fourth-order valence-electron chi connectivity index (χ4n) is 1.97. The van der Waals surface area contributed by atoms with Crippen molar-refractivity contribution in [2.45, 2.75) is 26.7 Å². The summed E-state index contributed by atoms with van der Waals surface area (Å²) in [5.74, 6) is -1.08. The molecule has 0 amide bonds. The van der Waals surface area contributed by atoms with Crippen molar-refractivity contribution in [3.05, 3.63) is 58.1 Å². The predicted octanol–water partition coefficient (Wildman–Crippen LogP) is 5.32. The average molecular weight is 398 g/mol. The molecule has 0 aliphatic rings. The highest BCUT2D eigenvalue weighted by Crippen LogP contribution is 2.33. The van der Waals surface area contributed by atoms with Crippen LogP contribution in [0.5, 0.6) is 0 Å². The molecule has 0 saturated heterocycles. The lowest BCUT2D eigenvalue weighted by Crippen LogP contribution is -2.10. The number of esters is 1. The number of ether oxygens (including phenoxy) is 1. The molecule has 5 nitrogen and oxygen atoms in total. The zero-order valence-corrected chi connectivity index (χ0v) is 16.1. The third-order valence-electron chi connectivity index (χ3n) is 3.04. The Morgan fingerprint density at radius 1 is 1.08 bits per heavy atom. The maximum Gasteiger partial charge on any atom is 0.310 e. The summed E-state index contributed by atoms with van der Waals surface area (Å²) in [4.78, 5) is 20.8. The van der Waals surface area contributed by atoms with Crippen molar-refractivity contribution < 1.29 is 19.4 Å². The minimum absolute atomic E-state index is 0.200. The normalized spacial score (nSPS) is 9.69. The van der Waals surface area contributed by atoms with E-state index < -0.39 is 5.97 Å². The molecule has 0 aliphatic heterocycles. The molecular formula is C19H21Cl2NO4. The van der Waals surface area contributed by atoms with Gasteiger partial charge in [-0.1, -0.05) is 54.4 Å². The maximum absolute atomic E-state index is 11.8. The third kappa shape index (κ3) is 7.76. The van der Waals surface area contributed by atoms with Crippen LogP contribution in [0, 0.1) is 0 Å². The second-order valence-electron chi connectivity index (χ2n) is 5.30. The monoisotopic (exact) mass is 397 g/mol. The van der Waals surface area contributed by atoms with E-state index in [-0.39, 0.29) is 12.4 Å². The van der Waals surface area contributed by atoms with E-state index in [2.05, 4.69) is 5.32 Å². The summed E-state index contributed by atoms with van der Waals surface area (Å²) in [5.41, 5.74) is 2.24. The summed E-state index contributed by atoms with van der Waals surface area (Å²) in [5, 5.41) is 11.7. The van der Waals surface area contributed by atoms with Crippen LogP contribution in [0.15, 0.2) is 42.5 Å². The number of nitrogens with one attached hydrogen (secondary N) is 1. The largest absolute Gasteiger partial charge is 0.481 e. The molecule has 0 spiro atoms. The van der Waals surface area contributed by atoms with Gasteiger partial charge in [0.25, 0.3) is 5.97 Å². The van der Waals surface area contributed by atoms with Gasteiger partial charge in [-0.15, -0.1) is 0 Å². The van der Waals surface area contributed by atoms with E-state index in [1.807, 2.05) is 31.2 Å². The van der Waals surface area contributed by atoms with Crippen LogP contribution < -0.4 is 5.32 Å². The number of aliphatic carboxylic acids is 1. The standard InChI is InChI=1S/C17H17Cl2NO2.C2H4O2/c1-2-10-22-16(21)11-12-6-3-4-9-15(12)20-17-13(18)7-5-8-14(17)19;1-2(3)4/h3-9,20H,2,10-11H2,1H3;1H3,(H,3,4). The fourth-order valence-corrected chi connectivity index (χ4v) is 2.46. The van der Waals surface area contributed by atoms with E-state index >= 15 is 0 Å². The molecule has 0 aromatic heterocycles. The van der Waals surface area contributed by atoms with Gasteiger partial charge in [0, 0.05) is 12.6 Å². The average Bonchev–Trinajstić information content (AvgIpc) is 2.57. The van der Waals surface area contributed by atoms with E-state index in [1.165, 1.54) is 0 Å². The number of carboxylic acids is 1. The van der Waals surface area contributed by atoms with Gasteiger partial charge in [-0.05, 0) is 30.2 Å². The summed E-state index contributed by atoms with van der Waals surface area (Å²) in [6, 6.07) is 12.8. The van der Waals surface area contributed by atoms with Gasteiger partial charge in [-0.3, -0.25) is 9.59 Å². The minimum atomic E-state index is -0.833. The number of carbonyl (C=O) groups is 2. The number of benzene rings is 2. The number of hydrogen-bond donors (Lipinski definition) is 2. The van der Waals surface area contributed by atoms with Gasteiger partial charge in [0.2, 0.25) is 0 Å². The molecule has 0 atom stereocenters. The first-order valence-electron chi connectivity index (χ1n) is 7.99. The Bertz CT molecular complexity index is 726. The van der Waals surface area contributed by atoms with Gasteiger partial charge in [-0.2, -0.15) is 0 Å². The van der Waals surface area contributed by atoms with Gasteiger partial charge in [-0.25, -0.2) is 0 Å². The Hall–Kier alpha value is -2.24. The molecule has 0 saturated carbocycles. The van der Waals surface area contributed by atoms with Gasteiger partial charge < -0.3 is 15.2 Å². The number of hydrogen-bond acceptors (Lipinski definition) is 4. The van der Waals surface area contributed by atoms with Crippen molar-refractivity contribution in [3.63, 3.8) is 0 Å². The van der Waals surface area contributed by atoms with Crippen LogP contribution in [0.1, 0.15) is 25.8 Å². The molecular weight excluding hydrogens is 377 g/mol. The summed E-state index contributed by atoms with van der Waals surface area (Å²) < 4.78 is 5.13. The van der Waals surface area contributed by atoms with Crippen LogP contribution in [0.2, 0.25) is 10.0 Å². The highest BCUT2D eigenvalue weighted by molar-refractivity contribution is 6.39. The second kappa shape index (κ2) is 11.4. The molecule has 0 aliphatic carbocycles. The van der Waals surface area contributed by atoms with E-state index in [0.717, 1.165) is 24.6 Å². The fraction of sp³-hybridized carbons (Fsp3) is 0.263. The van der Waals surface area contributed by atoms with Crippen molar-refractivity contribution in [1.29, 1.82) is 0 Å². The number of anilines is 2. The van der Waals surface area contributed by atoms with E-state index in [1.54, 1.807) is 18.2 Å². The first-order valence-corrected chi connectivity index (χ1v) is 8.74. The lowest BCUT2D eigenvalue weighted by Gasteiger charge is -2.14. The second-order valence-corrected chi connectivity index (χ2v) is 6.11. The Labute approximate surface area is 162 Å². The van der Waals surface area contributed by atoms with Gasteiger partial charge in [0.1, 0.15) is 0 Å². The molecule has 2 rings (SSSR count). The number of para-hydroxylation sites is 2. The summed E-state index contributed by atoms with van der Waals surface area (Å²) in [6.45, 7) is 3.48. The zero-order valence-electron chi connectivity index (χ0n) is 14.6. The molecule has 2 N–H and O–H groups in total. The molecule has 0 fully saturated rings. The van der Waals surface area contributed by atoms with E-state index in [9.17, 15) is 4.79 Å². The van der Waals surface area contributed by atoms with Crippen molar-refractivity contribution in [2.24, 2.45) is 0 Å². The van der Waals surface area contributed by atoms with Crippen LogP contribution in [-0.4, -0.2) is 23.7 Å².